The largest absolute Gasteiger partial charge is 0.439 e. The highest BCUT2D eigenvalue weighted by Gasteiger charge is 2.41. The average molecular weight is 526 g/mol. The lowest BCUT2D eigenvalue weighted by Crippen LogP contribution is -2.32. The van der Waals surface area contributed by atoms with E-state index in [9.17, 15) is 18.0 Å². The number of nitrogens with zero attached hydrogens (tertiary/aromatic N) is 3. The summed E-state index contributed by atoms with van der Waals surface area (Å²) >= 11 is 3.37. The smallest absolute Gasteiger partial charge is 0.416 e. The van der Waals surface area contributed by atoms with Gasteiger partial charge in [-0.2, -0.15) is 13.2 Å². The second-order valence-corrected chi connectivity index (χ2v) is 9.91. The Balaban J connectivity index is 1.56. The first-order valence-corrected chi connectivity index (χ1v) is 12.1. The molecule has 2 aromatic rings. The van der Waals surface area contributed by atoms with Crippen LogP contribution < -0.4 is 0 Å². The van der Waals surface area contributed by atoms with Crippen LogP contribution in [0.15, 0.2) is 29.0 Å². The topological polar surface area (TPSA) is 55.3 Å². The Bertz CT molecular complexity index is 1020. The maximum absolute atomic E-state index is 13.3. The summed E-state index contributed by atoms with van der Waals surface area (Å²) in [6.07, 6.45) is 2.69. The number of benzene rings is 1. The van der Waals surface area contributed by atoms with Gasteiger partial charge in [0, 0.05) is 0 Å². The molecule has 33 heavy (non-hydrogen) atoms. The van der Waals surface area contributed by atoms with Crippen LogP contribution in [0.1, 0.15) is 73.2 Å². The number of aromatic nitrogens is 2. The summed E-state index contributed by atoms with van der Waals surface area (Å²) in [7, 11) is 0. The molecule has 1 aliphatic heterocycles. The van der Waals surface area contributed by atoms with Gasteiger partial charge in [0.1, 0.15) is 10.7 Å². The number of carbonyl (C=O) groups is 1. The molecule has 1 saturated heterocycles. The SMILES string of the molecule is Cc1cc([C@H]2OC(=O)N(Cc3nc(Br)cnc3CC3CCCCC3)[C@H]2C)cc(C(F)(F)F)c1. The van der Waals surface area contributed by atoms with Crippen molar-refractivity contribution in [2.75, 3.05) is 0 Å². The van der Waals surface area contributed by atoms with Crippen LogP contribution in [0.3, 0.4) is 0 Å². The van der Waals surface area contributed by atoms with Gasteiger partial charge in [-0.1, -0.05) is 43.7 Å². The monoisotopic (exact) mass is 525 g/mol. The fraction of sp³-hybridized carbons (Fsp3) is 0.542. The summed E-state index contributed by atoms with van der Waals surface area (Å²) in [6.45, 7) is 3.59. The van der Waals surface area contributed by atoms with Crippen LogP contribution in [-0.4, -0.2) is 27.0 Å². The van der Waals surface area contributed by atoms with Crippen molar-refractivity contribution in [1.82, 2.24) is 14.9 Å². The molecule has 1 saturated carbocycles. The van der Waals surface area contributed by atoms with Crippen molar-refractivity contribution in [1.29, 1.82) is 0 Å². The molecule has 1 aliphatic carbocycles. The van der Waals surface area contributed by atoms with Crippen molar-refractivity contribution < 1.29 is 22.7 Å². The van der Waals surface area contributed by atoms with Crippen molar-refractivity contribution >= 4 is 22.0 Å². The number of hydrogen-bond donors (Lipinski definition) is 0. The first kappa shape index (κ1) is 24.0. The standard InChI is InChI=1S/C24H27BrF3N3O2/c1-14-8-17(11-18(9-14)24(26,27)28)22-15(2)31(23(32)33-22)13-20-19(29-12-21(25)30-20)10-16-6-4-3-5-7-16/h8-9,11-12,15-16,22H,3-7,10,13H2,1-2H3/t15-,22-/m0/s1. The Morgan fingerprint density at radius 2 is 1.88 bits per heavy atom. The van der Waals surface area contributed by atoms with Gasteiger partial charge < -0.3 is 4.74 Å². The van der Waals surface area contributed by atoms with Crippen LogP contribution >= 0.6 is 15.9 Å². The van der Waals surface area contributed by atoms with Crippen LogP contribution in [0.5, 0.6) is 0 Å². The number of rotatable bonds is 5. The molecule has 178 valence electrons. The third kappa shape index (κ3) is 5.50. The second kappa shape index (κ2) is 9.60. The molecule has 0 spiro atoms. The van der Waals surface area contributed by atoms with E-state index in [0.717, 1.165) is 37.1 Å². The fourth-order valence-corrected chi connectivity index (χ4v) is 5.17. The van der Waals surface area contributed by atoms with Gasteiger partial charge in [0.15, 0.2) is 0 Å². The molecule has 2 heterocycles. The van der Waals surface area contributed by atoms with E-state index in [-0.39, 0.29) is 6.54 Å². The van der Waals surface area contributed by atoms with Crippen molar-refractivity contribution in [2.45, 2.75) is 77.2 Å². The number of alkyl halides is 3. The zero-order valence-electron chi connectivity index (χ0n) is 18.7. The van der Waals surface area contributed by atoms with Gasteiger partial charge in [0.05, 0.1) is 35.7 Å². The van der Waals surface area contributed by atoms with E-state index in [4.69, 9.17) is 4.74 Å². The number of hydrogen-bond acceptors (Lipinski definition) is 4. The number of aryl methyl sites for hydroxylation is 1. The van der Waals surface area contributed by atoms with Crippen LogP contribution in [0.2, 0.25) is 0 Å². The number of amides is 1. The molecule has 1 aromatic heterocycles. The molecule has 0 N–H and O–H groups in total. The highest BCUT2D eigenvalue weighted by atomic mass is 79.9. The quantitative estimate of drug-likeness (QED) is 0.432. The van der Waals surface area contributed by atoms with Gasteiger partial charge in [0.25, 0.3) is 0 Å². The third-order valence-electron chi connectivity index (χ3n) is 6.58. The fourth-order valence-electron chi connectivity index (χ4n) is 4.85. The van der Waals surface area contributed by atoms with Gasteiger partial charge in [-0.25, -0.2) is 9.78 Å². The minimum Gasteiger partial charge on any atom is -0.439 e. The first-order valence-electron chi connectivity index (χ1n) is 11.3. The highest BCUT2D eigenvalue weighted by molar-refractivity contribution is 9.10. The van der Waals surface area contributed by atoms with Gasteiger partial charge in [-0.15, -0.1) is 0 Å². The number of cyclic esters (lactones) is 1. The molecule has 9 heteroatoms. The molecule has 1 amide bonds. The van der Waals surface area contributed by atoms with E-state index >= 15 is 0 Å². The van der Waals surface area contributed by atoms with E-state index in [2.05, 4.69) is 25.9 Å². The van der Waals surface area contributed by atoms with Crippen molar-refractivity contribution in [3.8, 4) is 0 Å². The van der Waals surface area contributed by atoms with Gasteiger partial charge >= 0.3 is 12.3 Å². The maximum atomic E-state index is 13.3. The number of carbonyl (C=O) groups excluding carboxylic acids is 1. The molecule has 4 rings (SSSR count). The second-order valence-electron chi connectivity index (χ2n) is 9.10. The van der Waals surface area contributed by atoms with E-state index in [1.165, 1.54) is 24.2 Å². The zero-order valence-corrected chi connectivity index (χ0v) is 20.2. The van der Waals surface area contributed by atoms with Gasteiger partial charge in [-0.3, -0.25) is 9.88 Å². The summed E-state index contributed by atoms with van der Waals surface area (Å²) < 4.78 is 46.1. The molecular weight excluding hydrogens is 499 g/mol. The average Bonchev–Trinajstić information content (AvgIpc) is 3.03. The lowest BCUT2D eigenvalue weighted by molar-refractivity contribution is -0.137. The number of halogens is 4. The van der Waals surface area contributed by atoms with Crippen molar-refractivity contribution in [3.63, 3.8) is 0 Å². The first-order chi connectivity index (χ1) is 15.6. The molecule has 5 nitrogen and oxygen atoms in total. The summed E-state index contributed by atoms with van der Waals surface area (Å²) in [5.41, 5.74) is 1.62. The molecular formula is C24H27BrF3N3O2. The lowest BCUT2D eigenvalue weighted by Gasteiger charge is -2.24. The Morgan fingerprint density at radius 3 is 2.58 bits per heavy atom. The molecule has 0 bridgehead atoms. The van der Waals surface area contributed by atoms with Crippen molar-refractivity contribution in [2.24, 2.45) is 5.92 Å². The van der Waals surface area contributed by atoms with E-state index in [0.29, 0.717) is 27.3 Å². The molecule has 2 atom stereocenters. The Labute approximate surface area is 199 Å². The van der Waals surface area contributed by atoms with Crippen molar-refractivity contribution in [3.05, 3.63) is 57.1 Å². The van der Waals surface area contributed by atoms with Crippen LogP contribution in [0.4, 0.5) is 18.0 Å². The minimum atomic E-state index is -4.47. The molecule has 1 aromatic carbocycles. The van der Waals surface area contributed by atoms with E-state index in [1.807, 2.05) is 0 Å². The lowest BCUT2D eigenvalue weighted by atomic mass is 9.85. The molecule has 2 fully saturated rings. The Hall–Kier alpha value is -2.16. The normalized spacial score (nSPS) is 22.0. The number of ether oxygens (including phenoxy) is 1. The highest BCUT2D eigenvalue weighted by Crippen LogP contribution is 2.38. The van der Waals surface area contributed by atoms with Crippen LogP contribution in [0, 0.1) is 12.8 Å². The zero-order chi connectivity index (χ0) is 23.8. The van der Waals surface area contributed by atoms with E-state index in [1.54, 1.807) is 26.1 Å². The predicted molar refractivity (Wildman–Crippen MR) is 120 cm³/mol. The minimum absolute atomic E-state index is 0.197. The van der Waals surface area contributed by atoms with Crippen LogP contribution in [0.25, 0.3) is 0 Å². The summed E-state index contributed by atoms with van der Waals surface area (Å²) in [6, 6.07) is 3.35. The molecule has 0 unspecified atom stereocenters. The van der Waals surface area contributed by atoms with Gasteiger partial charge in [0.2, 0.25) is 0 Å². The summed E-state index contributed by atoms with van der Waals surface area (Å²) in [5.74, 6) is 0.553. The van der Waals surface area contributed by atoms with Crippen LogP contribution in [-0.2, 0) is 23.9 Å². The summed E-state index contributed by atoms with van der Waals surface area (Å²) in [4.78, 5) is 23.4. The van der Waals surface area contributed by atoms with E-state index < -0.39 is 30.0 Å². The summed E-state index contributed by atoms with van der Waals surface area (Å²) in [5, 5.41) is 0. The molecule has 2 aliphatic rings. The Kier molecular flexibility index (Phi) is 6.98. The Morgan fingerprint density at radius 1 is 1.15 bits per heavy atom. The molecule has 0 radical (unpaired) electrons. The third-order valence-corrected chi connectivity index (χ3v) is 6.96. The maximum Gasteiger partial charge on any atom is 0.416 e. The van der Waals surface area contributed by atoms with Gasteiger partial charge in [-0.05, 0) is 59.8 Å². The predicted octanol–water partition coefficient (Wildman–Crippen LogP) is 6.77.